The molecule has 1 aliphatic heterocycles. The van der Waals surface area contributed by atoms with E-state index in [2.05, 4.69) is 65.7 Å². The van der Waals surface area contributed by atoms with Crippen LogP contribution in [0, 0.1) is 5.92 Å². The molecule has 2 atom stereocenters. The third-order valence-electron chi connectivity index (χ3n) is 5.54. The second kappa shape index (κ2) is 11.4. The highest BCUT2D eigenvalue weighted by atomic mass is 127. The number of likely N-dealkylation sites (tertiary alicyclic amines) is 1. The quantitative estimate of drug-likeness (QED) is 0.374. The lowest BCUT2D eigenvalue weighted by molar-refractivity contribution is 0.215. The molecule has 3 rings (SSSR count). The zero-order chi connectivity index (χ0) is 19.1. The summed E-state index contributed by atoms with van der Waals surface area (Å²) in [5.74, 6) is 2.39. The van der Waals surface area contributed by atoms with Gasteiger partial charge in [0.05, 0.1) is 6.20 Å². The molecule has 6 heteroatoms. The van der Waals surface area contributed by atoms with Crippen LogP contribution in [0.15, 0.2) is 47.7 Å². The maximum absolute atomic E-state index is 4.90. The first-order valence-electron chi connectivity index (χ1n) is 10.3. The highest BCUT2D eigenvalue weighted by molar-refractivity contribution is 14.0. The fraction of sp³-hybridized carbons (Fsp3) is 0.545. The number of nitrogens with one attached hydrogen (secondary N) is 1. The molecule has 2 heterocycles. The van der Waals surface area contributed by atoms with Crippen LogP contribution in [-0.2, 0) is 13.5 Å². The van der Waals surface area contributed by atoms with Gasteiger partial charge in [0.15, 0.2) is 5.96 Å². The van der Waals surface area contributed by atoms with E-state index in [9.17, 15) is 0 Å². The SMILES string of the molecule is CCNC(=NCCc1cnn(C)c1)N1CCC(c2ccccc2)C(CC)C1.I. The Labute approximate surface area is 186 Å². The average Bonchev–Trinajstić information content (AvgIpc) is 3.12. The molecule has 0 bridgehead atoms. The predicted molar refractivity (Wildman–Crippen MR) is 127 cm³/mol. The molecule has 1 fully saturated rings. The molecule has 2 unspecified atom stereocenters. The Hall–Kier alpha value is -1.57. The number of nitrogens with zero attached hydrogens (tertiary/aromatic N) is 4. The molecule has 0 amide bonds. The van der Waals surface area contributed by atoms with Crippen molar-refractivity contribution in [2.24, 2.45) is 18.0 Å². The molecule has 28 heavy (non-hydrogen) atoms. The summed E-state index contributed by atoms with van der Waals surface area (Å²) in [7, 11) is 1.96. The van der Waals surface area contributed by atoms with Gasteiger partial charge in [-0.3, -0.25) is 9.67 Å². The first-order valence-corrected chi connectivity index (χ1v) is 10.3. The molecule has 1 aromatic carbocycles. The Kier molecular flexibility index (Phi) is 9.28. The molecule has 1 aliphatic rings. The van der Waals surface area contributed by atoms with Crippen LogP contribution in [0.3, 0.4) is 0 Å². The number of aromatic nitrogens is 2. The first-order chi connectivity index (χ1) is 13.2. The summed E-state index contributed by atoms with van der Waals surface area (Å²) in [5, 5.41) is 7.74. The summed E-state index contributed by atoms with van der Waals surface area (Å²) >= 11 is 0. The second-order valence-corrected chi connectivity index (χ2v) is 7.43. The van der Waals surface area contributed by atoms with Gasteiger partial charge < -0.3 is 10.2 Å². The van der Waals surface area contributed by atoms with Gasteiger partial charge in [-0.25, -0.2) is 0 Å². The predicted octanol–water partition coefficient (Wildman–Crippen LogP) is 4.06. The summed E-state index contributed by atoms with van der Waals surface area (Å²) in [5.41, 5.74) is 2.73. The minimum absolute atomic E-state index is 0. The van der Waals surface area contributed by atoms with Crippen LogP contribution in [0.25, 0.3) is 0 Å². The van der Waals surface area contributed by atoms with E-state index in [0.29, 0.717) is 11.8 Å². The molecule has 0 radical (unpaired) electrons. The molecule has 0 aliphatic carbocycles. The largest absolute Gasteiger partial charge is 0.357 e. The minimum Gasteiger partial charge on any atom is -0.357 e. The van der Waals surface area contributed by atoms with Gasteiger partial charge in [-0.1, -0.05) is 43.7 Å². The van der Waals surface area contributed by atoms with Crippen LogP contribution in [0.2, 0.25) is 0 Å². The highest BCUT2D eigenvalue weighted by Crippen LogP contribution is 2.34. The van der Waals surface area contributed by atoms with E-state index < -0.39 is 0 Å². The Morgan fingerprint density at radius 1 is 1.25 bits per heavy atom. The van der Waals surface area contributed by atoms with Crippen LogP contribution in [-0.4, -0.2) is 46.8 Å². The van der Waals surface area contributed by atoms with Crippen molar-refractivity contribution < 1.29 is 0 Å². The highest BCUT2D eigenvalue weighted by Gasteiger charge is 2.30. The summed E-state index contributed by atoms with van der Waals surface area (Å²) in [6.07, 6.45) is 7.32. The molecule has 1 aromatic heterocycles. The number of hydrogen-bond donors (Lipinski definition) is 1. The smallest absolute Gasteiger partial charge is 0.193 e. The zero-order valence-electron chi connectivity index (χ0n) is 17.3. The molecular weight excluding hydrogens is 461 g/mol. The third kappa shape index (κ3) is 5.96. The Balaban J connectivity index is 0.00000280. The summed E-state index contributed by atoms with van der Waals surface area (Å²) < 4.78 is 1.85. The standard InChI is InChI=1S/C22H33N5.HI/c1-4-19-17-27(14-12-21(19)20-9-7-6-8-10-20)22(23-5-2)24-13-11-18-15-25-26(3)16-18;/h6-10,15-16,19,21H,4-5,11-14,17H2,1-3H3,(H,23,24);1H. The van der Waals surface area contributed by atoms with Crippen molar-refractivity contribution in [3.05, 3.63) is 53.9 Å². The number of aliphatic imine (C=N–C) groups is 1. The average molecular weight is 495 g/mol. The van der Waals surface area contributed by atoms with Gasteiger partial charge in [-0.15, -0.1) is 24.0 Å². The van der Waals surface area contributed by atoms with Crippen molar-refractivity contribution in [1.82, 2.24) is 20.0 Å². The van der Waals surface area contributed by atoms with E-state index in [1.54, 1.807) is 0 Å². The lowest BCUT2D eigenvalue weighted by Crippen LogP contribution is -2.48. The van der Waals surface area contributed by atoms with Gasteiger partial charge >= 0.3 is 0 Å². The van der Waals surface area contributed by atoms with Crippen LogP contribution in [0.4, 0.5) is 0 Å². The number of rotatable bonds is 6. The molecule has 1 saturated heterocycles. The van der Waals surface area contributed by atoms with Crippen LogP contribution >= 0.6 is 24.0 Å². The van der Waals surface area contributed by atoms with Crippen molar-refractivity contribution >= 4 is 29.9 Å². The lowest BCUT2D eigenvalue weighted by Gasteiger charge is -2.40. The van der Waals surface area contributed by atoms with E-state index in [0.717, 1.165) is 38.6 Å². The normalized spacial score (nSPS) is 20.0. The van der Waals surface area contributed by atoms with E-state index >= 15 is 0 Å². The number of benzene rings is 1. The number of piperidine rings is 1. The van der Waals surface area contributed by atoms with E-state index in [1.807, 2.05) is 17.9 Å². The monoisotopic (exact) mass is 495 g/mol. The van der Waals surface area contributed by atoms with Gasteiger partial charge in [0.25, 0.3) is 0 Å². The molecule has 0 spiro atoms. The number of aryl methyl sites for hydroxylation is 1. The molecular formula is C22H34IN5. The lowest BCUT2D eigenvalue weighted by atomic mass is 9.79. The fourth-order valence-corrected chi connectivity index (χ4v) is 4.09. The van der Waals surface area contributed by atoms with Crippen molar-refractivity contribution in [3.63, 3.8) is 0 Å². The van der Waals surface area contributed by atoms with E-state index in [1.165, 1.54) is 24.0 Å². The fourth-order valence-electron chi connectivity index (χ4n) is 4.09. The first kappa shape index (κ1) is 22.7. The van der Waals surface area contributed by atoms with E-state index in [4.69, 9.17) is 4.99 Å². The van der Waals surface area contributed by atoms with Crippen LogP contribution < -0.4 is 5.32 Å². The number of halogens is 1. The summed E-state index contributed by atoms with van der Waals surface area (Å²) in [6.45, 7) is 8.30. The van der Waals surface area contributed by atoms with Gasteiger partial charge in [0.1, 0.15) is 0 Å². The second-order valence-electron chi connectivity index (χ2n) is 7.43. The van der Waals surface area contributed by atoms with Crippen molar-refractivity contribution in [2.45, 2.75) is 39.0 Å². The van der Waals surface area contributed by atoms with Gasteiger partial charge in [-0.2, -0.15) is 5.10 Å². The maximum Gasteiger partial charge on any atom is 0.193 e. The van der Waals surface area contributed by atoms with E-state index in [-0.39, 0.29) is 24.0 Å². The zero-order valence-corrected chi connectivity index (χ0v) is 19.7. The van der Waals surface area contributed by atoms with Crippen molar-refractivity contribution in [3.8, 4) is 0 Å². The summed E-state index contributed by atoms with van der Waals surface area (Å²) in [6, 6.07) is 11.0. The number of guanidine groups is 1. The Bertz CT molecular complexity index is 728. The molecule has 2 aromatic rings. The van der Waals surface area contributed by atoms with Crippen LogP contribution in [0.1, 0.15) is 43.7 Å². The minimum atomic E-state index is 0. The molecule has 0 saturated carbocycles. The number of hydrogen-bond acceptors (Lipinski definition) is 2. The topological polar surface area (TPSA) is 45.5 Å². The maximum atomic E-state index is 4.90. The van der Waals surface area contributed by atoms with Gasteiger partial charge in [-0.05, 0) is 42.7 Å². The van der Waals surface area contributed by atoms with Crippen LogP contribution in [0.5, 0.6) is 0 Å². The van der Waals surface area contributed by atoms with Gasteiger partial charge in [0, 0.05) is 39.4 Å². The molecule has 1 N–H and O–H groups in total. The Morgan fingerprint density at radius 2 is 2.04 bits per heavy atom. The van der Waals surface area contributed by atoms with Crippen molar-refractivity contribution in [2.75, 3.05) is 26.2 Å². The molecule has 154 valence electrons. The molecule has 5 nitrogen and oxygen atoms in total. The third-order valence-corrected chi connectivity index (χ3v) is 5.54. The van der Waals surface area contributed by atoms with Crippen molar-refractivity contribution in [1.29, 1.82) is 0 Å². The van der Waals surface area contributed by atoms with Gasteiger partial charge in [0.2, 0.25) is 0 Å². The summed E-state index contributed by atoms with van der Waals surface area (Å²) in [4.78, 5) is 7.36. The Morgan fingerprint density at radius 3 is 2.68 bits per heavy atom.